The number of carboxylic acid groups (broad SMARTS) is 1. The smallest absolute Gasteiger partial charge is 0.317 e. The third-order valence-electron chi connectivity index (χ3n) is 5.68. The van der Waals surface area contributed by atoms with Crippen LogP contribution in [0, 0.1) is 5.92 Å². The second kappa shape index (κ2) is 8.29. The van der Waals surface area contributed by atoms with Crippen LogP contribution in [0.3, 0.4) is 0 Å². The summed E-state index contributed by atoms with van der Waals surface area (Å²) in [5.74, 6) is 1.67. The van der Waals surface area contributed by atoms with Gasteiger partial charge in [0.2, 0.25) is 0 Å². The Bertz CT molecular complexity index is 689. The van der Waals surface area contributed by atoms with Crippen LogP contribution in [-0.2, 0) is 11.3 Å². The Morgan fingerprint density at radius 3 is 2.59 bits per heavy atom. The second-order valence-corrected chi connectivity index (χ2v) is 8.63. The minimum atomic E-state index is -0.715. The highest BCUT2D eigenvalue weighted by Crippen LogP contribution is 2.37. The Labute approximate surface area is 164 Å². The van der Waals surface area contributed by atoms with Crippen molar-refractivity contribution in [2.24, 2.45) is 5.92 Å². The van der Waals surface area contributed by atoms with Crippen molar-refractivity contribution >= 4 is 17.7 Å². The van der Waals surface area contributed by atoms with E-state index in [-0.39, 0.29) is 6.54 Å². The van der Waals surface area contributed by atoms with Gasteiger partial charge >= 0.3 is 5.97 Å². The van der Waals surface area contributed by atoms with Crippen molar-refractivity contribution in [1.82, 2.24) is 10.2 Å². The lowest BCUT2D eigenvalue weighted by atomic mass is 9.85. The fourth-order valence-corrected chi connectivity index (χ4v) is 4.51. The first-order valence-corrected chi connectivity index (χ1v) is 11.0. The molecule has 2 saturated carbocycles. The molecule has 3 aliphatic rings. The van der Waals surface area contributed by atoms with Crippen LogP contribution < -0.4 is 14.8 Å². The predicted octanol–water partition coefficient (Wildman–Crippen LogP) is 2.60. The van der Waals surface area contributed by atoms with Gasteiger partial charge in [-0.2, -0.15) is 0 Å². The largest absolute Gasteiger partial charge is 0.486 e. The standard InChI is InChI=1S/C20H28N2O4S/c1-27-19-9-18-17(25-4-5-26-18)6-14(19)10-21-15-7-16(8-15)22(12-20(23)24)11-13-2-3-13/h6,9,13,15-16,21H,2-5,7-8,10-12H2,1H3,(H,23,24). The predicted molar refractivity (Wildman–Crippen MR) is 105 cm³/mol. The number of aliphatic carboxylic acids is 1. The molecular weight excluding hydrogens is 364 g/mol. The molecule has 0 aromatic heterocycles. The van der Waals surface area contributed by atoms with Crippen LogP contribution >= 0.6 is 11.8 Å². The first kappa shape index (κ1) is 18.9. The average molecular weight is 393 g/mol. The molecule has 0 unspecified atom stereocenters. The average Bonchev–Trinajstić information content (AvgIpc) is 3.43. The van der Waals surface area contributed by atoms with E-state index in [0.29, 0.717) is 25.3 Å². The third-order valence-corrected chi connectivity index (χ3v) is 6.50. The topological polar surface area (TPSA) is 71.0 Å². The van der Waals surface area contributed by atoms with E-state index in [1.807, 2.05) is 0 Å². The molecule has 1 aromatic carbocycles. The molecule has 7 heteroatoms. The van der Waals surface area contributed by atoms with Crippen molar-refractivity contribution in [2.45, 2.75) is 49.2 Å². The van der Waals surface area contributed by atoms with Crippen LogP contribution in [0.25, 0.3) is 0 Å². The second-order valence-electron chi connectivity index (χ2n) is 7.78. The molecule has 4 rings (SSSR count). The Hall–Kier alpha value is -1.44. The van der Waals surface area contributed by atoms with E-state index in [1.165, 1.54) is 23.3 Å². The van der Waals surface area contributed by atoms with E-state index < -0.39 is 5.97 Å². The van der Waals surface area contributed by atoms with E-state index in [1.54, 1.807) is 11.8 Å². The molecule has 2 N–H and O–H groups in total. The highest BCUT2D eigenvalue weighted by Gasteiger charge is 2.36. The van der Waals surface area contributed by atoms with Crippen LogP contribution in [0.5, 0.6) is 11.5 Å². The monoisotopic (exact) mass is 392 g/mol. The lowest BCUT2D eigenvalue weighted by molar-refractivity contribution is -0.139. The van der Waals surface area contributed by atoms with Crippen LogP contribution in [0.1, 0.15) is 31.2 Å². The Kier molecular flexibility index (Phi) is 5.80. The van der Waals surface area contributed by atoms with Gasteiger partial charge in [-0.15, -0.1) is 11.8 Å². The summed E-state index contributed by atoms with van der Waals surface area (Å²) < 4.78 is 11.4. The van der Waals surface area contributed by atoms with Crippen LogP contribution in [-0.4, -0.2) is 60.6 Å². The van der Waals surface area contributed by atoms with Gasteiger partial charge in [0.15, 0.2) is 11.5 Å². The molecule has 1 heterocycles. The summed E-state index contributed by atoms with van der Waals surface area (Å²) in [4.78, 5) is 14.5. The molecular formula is C20H28N2O4S. The number of nitrogens with zero attached hydrogens (tertiary/aromatic N) is 1. The van der Waals surface area contributed by atoms with Crippen LogP contribution in [0.15, 0.2) is 17.0 Å². The number of hydrogen-bond donors (Lipinski definition) is 2. The fraction of sp³-hybridized carbons (Fsp3) is 0.650. The molecule has 0 atom stereocenters. The third kappa shape index (κ3) is 4.70. The summed E-state index contributed by atoms with van der Waals surface area (Å²) in [6.45, 7) is 3.12. The van der Waals surface area contributed by atoms with E-state index in [4.69, 9.17) is 9.47 Å². The maximum absolute atomic E-state index is 11.2. The number of ether oxygens (including phenoxy) is 2. The lowest BCUT2D eigenvalue weighted by Crippen LogP contribution is -2.54. The number of thioether (sulfide) groups is 1. The number of rotatable bonds is 9. The van der Waals surface area contributed by atoms with E-state index in [0.717, 1.165) is 43.3 Å². The Balaban J connectivity index is 1.30. The maximum Gasteiger partial charge on any atom is 0.317 e. The minimum absolute atomic E-state index is 0.173. The molecule has 0 saturated heterocycles. The Morgan fingerprint density at radius 2 is 1.96 bits per heavy atom. The quantitative estimate of drug-likeness (QED) is 0.626. The van der Waals surface area contributed by atoms with Crippen LogP contribution in [0.2, 0.25) is 0 Å². The van der Waals surface area contributed by atoms with Gasteiger partial charge in [-0.25, -0.2) is 0 Å². The van der Waals surface area contributed by atoms with Crippen molar-refractivity contribution < 1.29 is 19.4 Å². The molecule has 2 fully saturated rings. The molecule has 0 amide bonds. The summed E-state index contributed by atoms with van der Waals surface area (Å²) in [7, 11) is 0. The zero-order chi connectivity index (χ0) is 18.8. The van der Waals surface area contributed by atoms with Gasteiger partial charge in [-0.05, 0) is 55.6 Å². The van der Waals surface area contributed by atoms with E-state index in [2.05, 4.69) is 28.6 Å². The summed E-state index contributed by atoms with van der Waals surface area (Å²) >= 11 is 1.72. The maximum atomic E-state index is 11.2. The van der Waals surface area contributed by atoms with Crippen LogP contribution in [0.4, 0.5) is 0 Å². The zero-order valence-corrected chi connectivity index (χ0v) is 16.6. The van der Waals surface area contributed by atoms with Crippen molar-refractivity contribution in [3.63, 3.8) is 0 Å². The SMILES string of the molecule is CSc1cc2c(cc1CNC1CC(N(CC(=O)O)CC3CC3)C1)OCCO2. The van der Waals surface area contributed by atoms with Gasteiger partial charge in [0.25, 0.3) is 0 Å². The molecule has 0 spiro atoms. The lowest BCUT2D eigenvalue weighted by Gasteiger charge is -2.43. The first-order valence-electron chi connectivity index (χ1n) is 9.78. The number of carboxylic acids is 1. The number of fused-ring (bicyclic) bond motifs is 1. The van der Waals surface area contributed by atoms with Gasteiger partial charge in [-0.3, -0.25) is 9.69 Å². The molecule has 2 aliphatic carbocycles. The van der Waals surface area contributed by atoms with Crippen molar-refractivity contribution in [2.75, 3.05) is 32.6 Å². The summed E-state index contributed by atoms with van der Waals surface area (Å²) in [5, 5.41) is 12.8. The molecule has 6 nitrogen and oxygen atoms in total. The summed E-state index contributed by atoms with van der Waals surface area (Å²) in [5.41, 5.74) is 1.23. The van der Waals surface area contributed by atoms with Gasteiger partial charge < -0.3 is 19.9 Å². The van der Waals surface area contributed by atoms with Crippen molar-refractivity contribution in [3.05, 3.63) is 17.7 Å². The van der Waals surface area contributed by atoms with Crippen molar-refractivity contribution in [3.8, 4) is 11.5 Å². The van der Waals surface area contributed by atoms with Gasteiger partial charge in [0.1, 0.15) is 13.2 Å². The van der Waals surface area contributed by atoms with Gasteiger partial charge in [0.05, 0.1) is 6.54 Å². The van der Waals surface area contributed by atoms with Crippen molar-refractivity contribution in [1.29, 1.82) is 0 Å². The van der Waals surface area contributed by atoms with Gasteiger partial charge in [-0.1, -0.05) is 0 Å². The molecule has 0 radical (unpaired) electrons. The van der Waals surface area contributed by atoms with E-state index in [9.17, 15) is 9.90 Å². The molecule has 1 aliphatic heterocycles. The number of hydrogen-bond acceptors (Lipinski definition) is 6. The number of carbonyl (C=O) groups is 1. The zero-order valence-electron chi connectivity index (χ0n) is 15.8. The summed E-state index contributed by atoms with van der Waals surface area (Å²) in [6.07, 6.45) is 6.65. The first-order chi connectivity index (χ1) is 13.1. The highest BCUT2D eigenvalue weighted by molar-refractivity contribution is 7.98. The summed E-state index contributed by atoms with van der Waals surface area (Å²) in [6, 6.07) is 5.02. The number of nitrogens with one attached hydrogen (secondary N) is 1. The van der Waals surface area contributed by atoms with E-state index >= 15 is 0 Å². The van der Waals surface area contributed by atoms with Gasteiger partial charge in [0, 0.05) is 30.1 Å². The molecule has 1 aromatic rings. The molecule has 148 valence electrons. The fourth-order valence-electron chi connectivity index (χ4n) is 3.90. The number of benzene rings is 1. The molecule has 27 heavy (non-hydrogen) atoms. The Morgan fingerprint density at radius 1 is 1.26 bits per heavy atom. The highest BCUT2D eigenvalue weighted by atomic mass is 32.2. The molecule has 0 bridgehead atoms. The normalized spacial score (nSPS) is 23.9. The minimum Gasteiger partial charge on any atom is -0.486 e.